The second-order valence-corrected chi connectivity index (χ2v) is 1.89. The standard InChI is InChI=1S/C5H11N2/c6-5-7-3-1-2-4-7/h5H,1-4,6H2. The molecule has 0 atom stereocenters. The topological polar surface area (TPSA) is 29.3 Å². The van der Waals surface area contributed by atoms with Crippen molar-refractivity contribution in [2.24, 2.45) is 5.73 Å². The Bertz CT molecular complexity index is 48.0. The van der Waals surface area contributed by atoms with Crippen molar-refractivity contribution in [3.63, 3.8) is 0 Å². The van der Waals surface area contributed by atoms with Gasteiger partial charge >= 0.3 is 0 Å². The van der Waals surface area contributed by atoms with Crippen molar-refractivity contribution >= 4 is 0 Å². The Kier molecular flexibility index (Phi) is 1.65. The van der Waals surface area contributed by atoms with Crippen LogP contribution in [0.2, 0.25) is 0 Å². The second kappa shape index (κ2) is 2.28. The van der Waals surface area contributed by atoms with E-state index in [-0.39, 0.29) is 0 Å². The predicted molar refractivity (Wildman–Crippen MR) is 29.3 cm³/mol. The minimum atomic E-state index is 1.16. The molecule has 0 unspecified atom stereocenters. The molecule has 7 heavy (non-hydrogen) atoms. The first kappa shape index (κ1) is 5.06. The van der Waals surface area contributed by atoms with Crippen LogP contribution in [-0.4, -0.2) is 18.0 Å². The predicted octanol–water partition coefficient (Wildman–Crippen LogP) is 0.160. The molecule has 1 fully saturated rings. The van der Waals surface area contributed by atoms with Gasteiger partial charge in [-0.15, -0.1) is 0 Å². The van der Waals surface area contributed by atoms with Gasteiger partial charge in [-0.05, 0) is 25.9 Å². The fourth-order valence-electron chi connectivity index (χ4n) is 0.891. The molecule has 0 aromatic rings. The summed E-state index contributed by atoms with van der Waals surface area (Å²) in [5.41, 5.74) is 5.23. The van der Waals surface area contributed by atoms with Crippen LogP contribution in [0.1, 0.15) is 12.8 Å². The minimum absolute atomic E-state index is 1.16. The maximum atomic E-state index is 5.23. The van der Waals surface area contributed by atoms with Crippen LogP contribution in [0.5, 0.6) is 0 Å². The highest BCUT2D eigenvalue weighted by molar-refractivity contribution is 4.68. The Morgan fingerprint density at radius 2 is 1.86 bits per heavy atom. The molecule has 1 saturated heterocycles. The maximum Gasteiger partial charge on any atom is 0.0866 e. The zero-order valence-electron chi connectivity index (χ0n) is 4.43. The Morgan fingerprint density at radius 3 is 2.14 bits per heavy atom. The van der Waals surface area contributed by atoms with E-state index in [2.05, 4.69) is 4.90 Å². The van der Waals surface area contributed by atoms with Gasteiger partial charge in [0.05, 0.1) is 6.67 Å². The van der Waals surface area contributed by atoms with Gasteiger partial charge in [-0.25, -0.2) is 0 Å². The summed E-state index contributed by atoms with van der Waals surface area (Å²) in [6.07, 6.45) is 2.63. The minimum Gasteiger partial charge on any atom is -0.313 e. The summed E-state index contributed by atoms with van der Waals surface area (Å²) in [5, 5.41) is 0. The molecule has 0 amide bonds. The van der Waals surface area contributed by atoms with Gasteiger partial charge < -0.3 is 5.73 Å². The molecule has 0 aromatic heterocycles. The third-order valence-electron chi connectivity index (χ3n) is 1.35. The third kappa shape index (κ3) is 1.14. The molecule has 0 saturated carbocycles. The zero-order chi connectivity index (χ0) is 5.11. The normalized spacial score (nSPS) is 23.6. The van der Waals surface area contributed by atoms with Crippen molar-refractivity contribution < 1.29 is 0 Å². The van der Waals surface area contributed by atoms with Gasteiger partial charge in [0.15, 0.2) is 0 Å². The first-order valence-corrected chi connectivity index (χ1v) is 2.72. The summed E-state index contributed by atoms with van der Waals surface area (Å²) in [5.74, 6) is 0. The first-order chi connectivity index (χ1) is 3.43. The summed E-state index contributed by atoms with van der Waals surface area (Å²) in [6.45, 7) is 4.00. The van der Waals surface area contributed by atoms with Crippen molar-refractivity contribution in [1.29, 1.82) is 0 Å². The fraction of sp³-hybridized carbons (Fsp3) is 0.800. The molecule has 1 aliphatic rings. The number of hydrogen-bond donors (Lipinski definition) is 1. The Balaban J connectivity index is 2.14. The molecule has 0 aliphatic carbocycles. The van der Waals surface area contributed by atoms with Crippen LogP contribution in [0.15, 0.2) is 0 Å². The lowest BCUT2D eigenvalue weighted by Gasteiger charge is -2.07. The first-order valence-electron chi connectivity index (χ1n) is 2.72. The van der Waals surface area contributed by atoms with Gasteiger partial charge in [0.1, 0.15) is 0 Å². The summed E-state index contributed by atoms with van der Waals surface area (Å²) < 4.78 is 0. The number of nitrogens with zero attached hydrogens (tertiary/aromatic N) is 1. The molecular weight excluding hydrogens is 88.1 g/mol. The lowest BCUT2D eigenvalue weighted by molar-refractivity contribution is 0.412. The van der Waals surface area contributed by atoms with Gasteiger partial charge in [-0.1, -0.05) is 0 Å². The average Bonchev–Trinajstić information content (AvgIpc) is 2.14. The second-order valence-electron chi connectivity index (χ2n) is 1.89. The molecule has 1 heterocycles. The molecule has 1 radical (unpaired) electrons. The Labute approximate surface area is 44.3 Å². The van der Waals surface area contributed by atoms with Crippen LogP contribution >= 0.6 is 0 Å². The average molecular weight is 99.2 g/mol. The van der Waals surface area contributed by atoms with Crippen LogP contribution in [0.25, 0.3) is 0 Å². The van der Waals surface area contributed by atoms with E-state index in [1.807, 2.05) is 0 Å². The van der Waals surface area contributed by atoms with Crippen molar-refractivity contribution in [1.82, 2.24) is 4.90 Å². The van der Waals surface area contributed by atoms with E-state index in [9.17, 15) is 0 Å². The molecule has 2 nitrogen and oxygen atoms in total. The summed E-state index contributed by atoms with van der Waals surface area (Å²) in [4.78, 5) is 2.14. The zero-order valence-corrected chi connectivity index (χ0v) is 4.43. The quantitative estimate of drug-likeness (QED) is 0.507. The van der Waals surface area contributed by atoms with Crippen molar-refractivity contribution in [3.05, 3.63) is 6.67 Å². The molecule has 41 valence electrons. The molecule has 0 bridgehead atoms. The van der Waals surface area contributed by atoms with E-state index < -0.39 is 0 Å². The fourth-order valence-corrected chi connectivity index (χ4v) is 0.891. The molecule has 1 rings (SSSR count). The van der Waals surface area contributed by atoms with Crippen LogP contribution in [0, 0.1) is 6.67 Å². The highest BCUT2D eigenvalue weighted by atomic mass is 15.2. The molecule has 1 aliphatic heterocycles. The van der Waals surface area contributed by atoms with E-state index in [4.69, 9.17) is 5.73 Å². The molecule has 2 heteroatoms. The van der Waals surface area contributed by atoms with Gasteiger partial charge in [-0.3, -0.25) is 4.90 Å². The van der Waals surface area contributed by atoms with E-state index in [1.54, 1.807) is 6.67 Å². The highest BCUT2D eigenvalue weighted by Gasteiger charge is 2.07. The van der Waals surface area contributed by atoms with E-state index in [1.165, 1.54) is 12.8 Å². The molecule has 2 N–H and O–H groups in total. The maximum absolute atomic E-state index is 5.23. The third-order valence-corrected chi connectivity index (χ3v) is 1.35. The van der Waals surface area contributed by atoms with Gasteiger partial charge in [0.25, 0.3) is 0 Å². The number of likely N-dealkylation sites (tertiary alicyclic amines) is 1. The smallest absolute Gasteiger partial charge is 0.0866 e. The Morgan fingerprint density at radius 1 is 1.29 bits per heavy atom. The molecular formula is C5H11N2. The van der Waals surface area contributed by atoms with Crippen LogP contribution < -0.4 is 5.73 Å². The highest BCUT2D eigenvalue weighted by Crippen LogP contribution is 2.05. The van der Waals surface area contributed by atoms with E-state index in [0.717, 1.165) is 13.1 Å². The Hall–Kier alpha value is -0.0800. The monoisotopic (exact) mass is 99.1 g/mol. The van der Waals surface area contributed by atoms with Gasteiger partial charge in [-0.2, -0.15) is 0 Å². The molecule has 0 spiro atoms. The van der Waals surface area contributed by atoms with E-state index in [0.29, 0.717) is 0 Å². The van der Waals surface area contributed by atoms with Crippen molar-refractivity contribution in [2.45, 2.75) is 12.8 Å². The van der Waals surface area contributed by atoms with Crippen LogP contribution in [0.4, 0.5) is 0 Å². The number of hydrogen-bond acceptors (Lipinski definition) is 2. The SMILES string of the molecule is N[CH]N1CCCC1. The molecule has 0 aromatic carbocycles. The van der Waals surface area contributed by atoms with Crippen molar-refractivity contribution in [3.8, 4) is 0 Å². The van der Waals surface area contributed by atoms with E-state index >= 15 is 0 Å². The summed E-state index contributed by atoms with van der Waals surface area (Å²) in [6, 6.07) is 0. The van der Waals surface area contributed by atoms with Gasteiger partial charge in [0.2, 0.25) is 0 Å². The van der Waals surface area contributed by atoms with Crippen LogP contribution in [-0.2, 0) is 0 Å². The summed E-state index contributed by atoms with van der Waals surface area (Å²) >= 11 is 0. The lowest BCUT2D eigenvalue weighted by Crippen LogP contribution is -2.20. The van der Waals surface area contributed by atoms with Crippen molar-refractivity contribution in [2.75, 3.05) is 13.1 Å². The largest absolute Gasteiger partial charge is 0.313 e. The number of nitrogens with two attached hydrogens (primary N) is 1. The summed E-state index contributed by atoms with van der Waals surface area (Å²) in [7, 11) is 0. The van der Waals surface area contributed by atoms with Crippen LogP contribution in [0.3, 0.4) is 0 Å². The van der Waals surface area contributed by atoms with Gasteiger partial charge in [0, 0.05) is 0 Å². The number of rotatable bonds is 1. The lowest BCUT2D eigenvalue weighted by atomic mass is 10.4.